The van der Waals surface area contributed by atoms with Crippen molar-refractivity contribution in [1.82, 2.24) is 14.8 Å². The third kappa shape index (κ3) is 2.28. The standard InChI is InChI=1S/C7H12BrN3O/c1-5-9-6(2)11(10-5)4-7(12)3-8/h7,12H,3-4H2,1-2H3. The van der Waals surface area contributed by atoms with Gasteiger partial charge in [-0.25, -0.2) is 9.67 Å². The lowest BCUT2D eigenvalue weighted by Crippen LogP contribution is -2.19. The van der Waals surface area contributed by atoms with Gasteiger partial charge in [0.25, 0.3) is 0 Å². The van der Waals surface area contributed by atoms with E-state index in [1.54, 1.807) is 4.68 Å². The molecule has 68 valence electrons. The van der Waals surface area contributed by atoms with Crippen LogP contribution in [0.25, 0.3) is 0 Å². The molecule has 0 aliphatic rings. The van der Waals surface area contributed by atoms with E-state index < -0.39 is 6.10 Å². The first-order valence-electron chi connectivity index (χ1n) is 3.75. The monoisotopic (exact) mass is 233 g/mol. The molecule has 4 nitrogen and oxygen atoms in total. The second-order valence-corrected chi connectivity index (χ2v) is 3.34. The Morgan fingerprint density at radius 2 is 2.25 bits per heavy atom. The van der Waals surface area contributed by atoms with E-state index in [1.807, 2.05) is 13.8 Å². The maximum Gasteiger partial charge on any atom is 0.147 e. The molecule has 0 spiro atoms. The SMILES string of the molecule is Cc1nc(C)n(CC(O)CBr)n1. The molecule has 0 aliphatic carbocycles. The van der Waals surface area contributed by atoms with Crippen LogP contribution >= 0.6 is 15.9 Å². The number of aliphatic hydroxyl groups is 1. The van der Waals surface area contributed by atoms with Crippen molar-refractivity contribution in [2.75, 3.05) is 5.33 Å². The molecule has 1 heterocycles. The first-order valence-corrected chi connectivity index (χ1v) is 4.87. The van der Waals surface area contributed by atoms with Crippen LogP contribution in [0.5, 0.6) is 0 Å². The van der Waals surface area contributed by atoms with Gasteiger partial charge in [-0.3, -0.25) is 0 Å². The number of aromatic nitrogens is 3. The topological polar surface area (TPSA) is 50.9 Å². The average molecular weight is 234 g/mol. The third-order valence-corrected chi connectivity index (χ3v) is 2.27. The van der Waals surface area contributed by atoms with E-state index >= 15 is 0 Å². The number of alkyl halides is 1. The molecule has 1 rings (SSSR count). The zero-order valence-electron chi connectivity index (χ0n) is 7.16. The van der Waals surface area contributed by atoms with Gasteiger partial charge in [-0.1, -0.05) is 15.9 Å². The largest absolute Gasteiger partial charge is 0.390 e. The Labute approximate surface area is 79.7 Å². The second-order valence-electron chi connectivity index (χ2n) is 2.70. The van der Waals surface area contributed by atoms with Crippen molar-refractivity contribution in [1.29, 1.82) is 0 Å². The summed E-state index contributed by atoms with van der Waals surface area (Å²) in [7, 11) is 0. The van der Waals surface area contributed by atoms with Gasteiger partial charge >= 0.3 is 0 Å². The van der Waals surface area contributed by atoms with Gasteiger partial charge in [0, 0.05) is 5.33 Å². The molecule has 5 heteroatoms. The van der Waals surface area contributed by atoms with Crippen LogP contribution in [-0.4, -0.2) is 31.3 Å². The van der Waals surface area contributed by atoms with Crippen molar-refractivity contribution in [2.45, 2.75) is 26.5 Å². The lowest BCUT2D eigenvalue weighted by atomic mass is 10.4. The fraction of sp³-hybridized carbons (Fsp3) is 0.714. The van der Waals surface area contributed by atoms with Gasteiger partial charge in [0.2, 0.25) is 0 Å². The predicted molar refractivity (Wildman–Crippen MR) is 49.3 cm³/mol. The van der Waals surface area contributed by atoms with Crippen LogP contribution in [0.4, 0.5) is 0 Å². The highest BCUT2D eigenvalue weighted by Gasteiger charge is 2.07. The normalized spacial score (nSPS) is 13.3. The van der Waals surface area contributed by atoms with Gasteiger partial charge in [-0.15, -0.1) is 0 Å². The van der Waals surface area contributed by atoms with Crippen LogP contribution in [0.3, 0.4) is 0 Å². The lowest BCUT2D eigenvalue weighted by molar-refractivity contribution is 0.173. The van der Waals surface area contributed by atoms with Crippen LogP contribution in [0.15, 0.2) is 0 Å². The van der Waals surface area contributed by atoms with Crippen LogP contribution in [0.2, 0.25) is 0 Å². The summed E-state index contributed by atoms with van der Waals surface area (Å²) in [6, 6.07) is 0. The fourth-order valence-corrected chi connectivity index (χ4v) is 1.19. The molecular formula is C7H12BrN3O. The van der Waals surface area contributed by atoms with E-state index in [4.69, 9.17) is 0 Å². The van der Waals surface area contributed by atoms with Crippen LogP contribution < -0.4 is 0 Å². The average Bonchev–Trinajstić information content (AvgIpc) is 2.30. The summed E-state index contributed by atoms with van der Waals surface area (Å²) in [6.45, 7) is 4.21. The number of aliphatic hydroxyl groups excluding tert-OH is 1. The zero-order chi connectivity index (χ0) is 9.14. The van der Waals surface area contributed by atoms with Crippen LogP contribution in [0, 0.1) is 13.8 Å². The number of rotatable bonds is 3. The number of hydrogen-bond donors (Lipinski definition) is 1. The molecule has 0 saturated carbocycles. The summed E-state index contributed by atoms with van der Waals surface area (Å²) in [5, 5.41) is 14.0. The maximum atomic E-state index is 9.31. The van der Waals surface area contributed by atoms with Crippen molar-refractivity contribution in [3.63, 3.8) is 0 Å². The molecule has 0 bridgehead atoms. The van der Waals surface area contributed by atoms with Crippen molar-refractivity contribution >= 4 is 15.9 Å². The summed E-state index contributed by atoms with van der Waals surface area (Å²) in [5.41, 5.74) is 0. The minimum absolute atomic E-state index is 0.398. The molecule has 0 aromatic carbocycles. The van der Waals surface area contributed by atoms with Crippen molar-refractivity contribution < 1.29 is 5.11 Å². The highest BCUT2D eigenvalue weighted by Crippen LogP contribution is 1.99. The Balaban J connectivity index is 2.68. The molecular weight excluding hydrogens is 222 g/mol. The van der Waals surface area contributed by atoms with E-state index in [0.29, 0.717) is 11.9 Å². The molecule has 0 fully saturated rings. The molecule has 12 heavy (non-hydrogen) atoms. The summed E-state index contributed by atoms with van der Waals surface area (Å²) in [6.07, 6.45) is -0.398. The Morgan fingerprint density at radius 3 is 2.67 bits per heavy atom. The third-order valence-electron chi connectivity index (χ3n) is 1.52. The van der Waals surface area contributed by atoms with Crippen molar-refractivity contribution in [2.24, 2.45) is 0 Å². The Kier molecular flexibility index (Phi) is 3.22. The van der Waals surface area contributed by atoms with Crippen LogP contribution in [-0.2, 0) is 6.54 Å². The van der Waals surface area contributed by atoms with Gasteiger partial charge < -0.3 is 5.11 Å². The molecule has 1 aromatic heterocycles. The predicted octanol–water partition coefficient (Wildman–Crippen LogP) is 0.651. The maximum absolute atomic E-state index is 9.31. The number of nitrogens with zero attached hydrogens (tertiary/aromatic N) is 3. The minimum Gasteiger partial charge on any atom is -0.390 e. The lowest BCUT2D eigenvalue weighted by Gasteiger charge is -2.06. The van der Waals surface area contributed by atoms with E-state index in [1.165, 1.54) is 0 Å². The first kappa shape index (κ1) is 9.67. The number of halogens is 1. The summed E-state index contributed by atoms with van der Waals surface area (Å²) >= 11 is 3.19. The summed E-state index contributed by atoms with van der Waals surface area (Å²) < 4.78 is 1.71. The van der Waals surface area contributed by atoms with Gasteiger partial charge in [0.05, 0.1) is 12.6 Å². The summed E-state index contributed by atoms with van der Waals surface area (Å²) in [5.74, 6) is 1.58. The highest BCUT2D eigenvalue weighted by atomic mass is 79.9. The Hall–Kier alpha value is -0.420. The molecule has 0 saturated heterocycles. The van der Waals surface area contributed by atoms with Gasteiger partial charge in [0.1, 0.15) is 11.6 Å². The molecule has 0 aliphatic heterocycles. The van der Waals surface area contributed by atoms with Crippen molar-refractivity contribution in [3.8, 4) is 0 Å². The first-order chi connectivity index (χ1) is 5.63. The summed E-state index contributed by atoms with van der Waals surface area (Å²) in [4.78, 5) is 4.12. The quantitative estimate of drug-likeness (QED) is 0.781. The highest BCUT2D eigenvalue weighted by molar-refractivity contribution is 9.09. The zero-order valence-corrected chi connectivity index (χ0v) is 8.74. The molecule has 0 amide bonds. The van der Waals surface area contributed by atoms with E-state index in [0.717, 1.165) is 11.6 Å². The molecule has 1 atom stereocenters. The molecule has 1 N–H and O–H groups in total. The van der Waals surface area contributed by atoms with Crippen molar-refractivity contribution in [3.05, 3.63) is 11.6 Å². The minimum atomic E-state index is -0.398. The van der Waals surface area contributed by atoms with E-state index in [9.17, 15) is 5.11 Å². The smallest absolute Gasteiger partial charge is 0.147 e. The van der Waals surface area contributed by atoms with Crippen LogP contribution in [0.1, 0.15) is 11.6 Å². The fourth-order valence-electron chi connectivity index (χ4n) is 0.983. The Bertz CT molecular complexity index is 261. The molecule has 0 radical (unpaired) electrons. The number of aryl methyl sites for hydroxylation is 2. The molecule has 1 aromatic rings. The van der Waals surface area contributed by atoms with Gasteiger partial charge in [-0.2, -0.15) is 5.10 Å². The number of hydrogen-bond acceptors (Lipinski definition) is 3. The molecule has 1 unspecified atom stereocenters. The second kappa shape index (κ2) is 4.00. The van der Waals surface area contributed by atoms with Gasteiger partial charge in [-0.05, 0) is 13.8 Å². The van der Waals surface area contributed by atoms with Gasteiger partial charge in [0.15, 0.2) is 0 Å². The van der Waals surface area contributed by atoms with E-state index in [-0.39, 0.29) is 0 Å². The Morgan fingerprint density at radius 1 is 1.58 bits per heavy atom. The van der Waals surface area contributed by atoms with E-state index in [2.05, 4.69) is 26.0 Å².